The Kier molecular flexibility index (Phi) is 3.21. The van der Waals surface area contributed by atoms with Crippen LogP contribution in [-0.4, -0.2) is 16.0 Å². The quantitative estimate of drug-likeness (QED) is 0.797. The minimum Gasteiger partial charge on any atom is -0.361 e. The van der Waals surface area contributed by atoms with Gasteiger partial charge in [0, 0.05) is 0 Å². The Bertz CT molecular complexity index is 620. The smallest absolute Gasteiger partial charge is 0.315 e. The van der Waals surface area contributed by atoms with Crippen LogP contribution in [0.2, 0.25) is 0 Å². The van der Waals surface area contributed by atoms with Crippen molar-refractivity contribution in [1.29, 1.82) is 0 Å². The molecule has 0 aliphatic carbocycles. The number of primary amides is 1. The standard InChI is InChI=1S/C10H7F3N4O2/c11-4-1-3(2-5(12)6(4)13)7(14)9-16-10(8(15)18)19-17-9/h1-2,7H,14H2,(H2,15,18). The Labute approximate surface area is 104 Å². The van der Waals surface area contributed by atoms with Crippen LogP contribution in [0.15, 0.2) is 16.7 Å². The molecule has 2 aromatic rings. The van der Waals surface area contributed by atoms with Crippen LogP contribution in [0.5, 0.6) is 0 Å². The summed E-state index contributed by atoms with van der Waals surface area (Å²) in [6.45, 7) is 0. The van der Waals surface area contributed by atoms with Gasteiger partial charge >= 0.3 is 11.8 Å². The maximum atomic E-state index is 13.0. The molecule has 2 rings (SSSR count). The predicted octanol–water partition coefficient (Wildman–Crippen LogP) is 0.634. The SMILES string of the molecule is NC(=O)c1nc(C(N)c2cc(F)c(F)c(F)c2)no1. The van der Waals surface area contributed by atoms with Crippen LogP contribution in [-0.2, 0) is 0 Å². The highest BCUT2D eigenvalue weighted by atomic mass is 19.2. The third-order valence-corrected chi connectivity index (χ3v) is 2.30. The fourth-order valence-corrected chi connectivity index (χ4v) is 1.37. The summed E-state index contributed by atoms with van der Waals surface area (Å²) in [6, 6.07) is 0.202. The van der Waals surface area contributed by atoms with Crippen molar-refractivity contribution in [2.24, 2.45) is 11.5 Å². The summed E-state index contributed by atoms with van der Waals surface area (Å²) in [4.78, 5) is 14.3. The monoisotopic (exact) mass is 272 g/mol. The molecule has 4 N–H and O–H groups in total. The first-order valence-electron chi connectivity index (χ1n) is 4.93. The Morgan fingerprint density at radius 3 is 2.32 bits per heavy atom. The van der Waals surface area contributed by atoms with E-state index in [4.69, 9.17) is 11.5 Å². The predicted molar refractivity (Wildman–Crippen MR) is 55.2 cm³/mol. The normalized spacial score (nSPS) is 12.4. The number of halogens is 3. The van der Waals surface area contributed by atoms with Gasteiger partial charge in [0.2, 0.25) is 0 Å². The molecular weight excluding hydrogens is 265 g/mol. The average Bonchev–Trinajstić information content (AvgIpc) is 2.84. The van der Waals surface area contributed by atoms with Gasteiger partial charge < -0.3 is 16.0 Å². The minimum absolute atomic E-state index is 0.117. The van der Waals surface area contributed by atoms with E-state index in [1.165, 1.54) is 0 Å². The Morgan fingerprint density at radius 2 is 1.84 bits per heavy atom. The van der Waals surface area contributed by atoms with Crippen LogP contribution < -0.4 is 11.5 Å². The van der Waals surface area contributed by atoms with E-state index >= 15 is 0 Å². The van der Waals surface area contributed by atoms with Crippen molar-refractivity contribution in [3.63, 3.8) is 0 Å². The molecule has 9 heteroatoms. The molecule has 1 heterocycles. The van der Waals surface area contributed by atoms with E-state index in [9.17, 15) is 18.0 Å². The number of nitrogens with zero attached hydrogens (tertiary/aromatic N) is 2. The first-order chi connectivity index (χ1) is 8.90. The molecular formula is C10H7F3N4O2. The van der Waals surface area contributed by atoms with Crippen molar-refractivity contribution in [2.45, 2.75) is 6.04 Å². The Hall–Kier alpha value is -2.42. The van der Waals surface area contributed by atoms with Crippen LogP contribution in [0, 0.1) is 17.5 Å². The number of hydrogen-bond acceptors (Lipinski definition) is 5. The fourth-order valence-electron chi connectivity index (χ4n) is 1.37. The van der Waals surface area contributed by atoms with Gasteiger partial charge in [0.05, 0.1) is 6.04 Å². The van der Waals surface area contributed by atoms with Gasteiger partial charge in [-0.25, -0.2) is 13.2 Å². The summed E-state index contributed by atoms with van der Waals surface area (Å²) in [7, 11) is 0. The molecule has 0 aliphatic rings. The van der Waals surface area contributed by atoms with E-state index in [2.05, 4.69) is 14.7 Å². The van der Waals surface area contributed by atoms with Crippen molar-refractivity contribution in [3.05, 3.63) is 46.9 Å². The first-order valence-corrected chi connectivity index (χ1v) is 4.93. The molecule has 0 spiro atoms. The van der Waals surface area contributed by atoms with Crippen LogP contribution in [0.3, 0.4) is 0 Å². The van der Waals surface area contributed by atoms with Crippen molar-refractivity contribution >= 4 is 5.91 Å². The molecule has 1 atom stereocenters. The molecule has 6 nitrogen and oxygen atoms in total. The highest BCUT2D eigenvalue weighted by Gasteiger charge is 2.21. The van der Waals surface area contributed by atoms with Gasteiger partial charge in [-0.1, -0.05) is 5.16 Å². The Morgan fingerprint density at radius 1 is 1.26 bits per heavy atom. The summed E-state index contributed by atoms with van der Waals surface area (Å²) in [6.07, 6.45) is 0. The lowest BCUT2D eigenvalue weighted by atomic mass is 10.1. The fraction of sp³-hybridized carbons (Fsp3) is 0.100. The molecule has 1 aromatic carbocycles. The van der Waals surface area contributed by atoms with E-state index in [0.29, 0.717) is 12.1 Å². The average molecular weight is 272 g/mol. The summed E-state index contributed by atoms with van der Waals surface area (Å²) < 4.78 is 43.3. The summed E-state index contributed by atoms with van der Waals surface area (Å²) in [5, 5.41) is 3.34. The lowest BCUT2D eigenvalue weighted by Gasteiger charge is -2.08. The number of hydrogen-bond donors (Lipinski definition) is 2. The highest BCUT2D eigenvalue weighted by Crippen LogP contribution is 2.21. The number of aromatic nitrogens is 2. The first kappa shape index (κ1) is 13.0. The number of benzene rings is 1. The minimum atomic E-state index is -1.61. The van der Waals surface area contributed by atoms with E-state index in [1.807, 2.05) is 0 Å². The molecule has 1 aromatic heterocycles. The van der Waals surface area contributed by atoms with Gasteiger partial charge in [-0.2, -0.15) is 4.98 Å². The summed E-state index contributed by atoms with van der Waals surface area (Å²) in [5.74, 6) is -6.08. The number of rotatable bonds is 3. The lowest BCUT2D eigenvalue weighted by Crippen LogP contribution is -2.16. The van der Waals surface area contributed by atoms with E-state index in [0.717, 1.165) is 0 Å². The lowest BCUT2D eigenvalue weighted by molar-refractivity contribution is 0.0958. The molecule has 0 fully saturated rings. The van der Waals surface area contributed by atoms with E-state index < -0.39 is 35.3 Å². The molecule has 0 radical (unpaired) electrons. The zero-order valence-electron chi connectivity index (χ0n) is 9.23. The maximum Gasteiger partial charge on any atom is 0.315 e. The zero-order valence-corrected chi connectivity index (χ0v) is 9.23. The summed E-state index contributed by atoms with van der Waals surface area (Å²) in [5.41, 5.74) is 10.4. The molecule has 0 bridgehead atoms. The topological polar surface area (TPSA) is 108 Å². The van der Waals surface area contributed by atoms with Crippen LogP contribution >= 0.6 is 0 Å². The molecule has 100 valence electrons. The third kappa shape index (κ3) is 2.40. The van der Waals surface area contributed by atoms with E-state index in [-0.39, 0.29) is 11.4 Å². The van der Waals surface area contributed by atoms with Crippen molar-refractivity contribution in [3.8, 4) is 0 Å². The van der Waals surface area contributed by atoms with Crippen LogP contribution in [0.1, 0.15) is 28.1 Å². The van der Waals surface area contributed by atoms with Crippen LogP contribution in [0.25, 0.3) is 0 Å². The number of amides is 1. The zero-order chi connectivity index (χ0) is 14.2. The molecule has 19 heavy (non-hydrogen) atoms. The van der Waals surface area contributed by atoms with Gasteiger partial charge in [-0.15, -0.1) is 0 Å². The summed E-state index contributed by atoms with van der Waals surface area (Å²) >= 11 is 0. The van der Waals surface area contributed by atoms with Gasteiger partial charge in [0.25, 0.3) is 0 Å². The number of nitrogens with two attached hydrogens (primary N) is 2. The largest absolute Gasteiger partial charge is 0.361 e. The van der Waals surface area contributed by atoms with Crippen molar-refractivity contribution in [2.75, 3.05) is 0 Å². The van der Waals surface area contributed by atoms with Crippen molar-refractivity contribution < 1.29 is 22.5 Å². The highest BCUT2D eigenvalue weighted by molar-refractivity contribution is 5.87. The third-order valence-electron chi connectivity index (χ3n) is 2.30. The second-order valence-electron chi connectivity index (χ2n) is 3.60. The van der Waals surface area contributed by atoms with Gasteiger partial charge in [-0.05, 0) is 17.7 Å². The molecule has 0 aliphatic heterocycles. The van der Waals surface area contributed by atoms with Gasteiger partial charge in [-0.3, -0.25) is 4.79 Å². The van der Waals surface area contributed by atoms with Crippen molar-refractivity contribution in [1.82, 2.24) is 10.1 Å². The molecule has 0 saturated carbocycles. The molecule has 1 amide bonds. The van der Waals surface area contributed by atoms with Gasteiger partial charge in [0.1, 0.15) is 0 Å². The number of carbonyl (C=O) groups excluding carboxylic acids is 1. The molecule has 0 saturated heterocycles. The molecule has 1 unspecified atom stereocenters. The van der Waals surface area contributed by atoms with Crippen LogP contribution in [0.4, 0.5) is 13.2 Å². The maximum absolute atomic E-state index is 13.0. The number of carbonyl (C=O) groups is 1. The second-order valence-corrected chi connectivity index (χ2v) is 3.60. The Balaban J connectivity index is 2.38. The van der Waals surface area contributed by atoms with Gasteiger partial charge in [0.15, 0.2) is 23.3 Å². The second kappa shape index (κ2) is 4.69. The van der Waals surface area contributed by atoms with E-state index in [1.54, 1.807) is 0 Å².